The van der Waals surface area contributed by atoms with E-state index in [1.54, 1.807) is 0 Å². The van der Waals surface area contributed by atoms with Crippen molar-refractivity contribution in [1.29, 1.82) is 0 Å². The van der Waals surface area contributed by atoms with Crippen LogP contribution in [0.5, 0.6) is 0 Å². The van der Waals surface area contributed by atoms with Crippen LogP contribution in [0.15, 0.2) is 194 Å². The molecule has 2 aromatic heterocycles. The second-order valence-electron chi connectivity index (χ2n) is 15.8. The van der Waals surface area contributed by atoms with Crippen molar-refractivity contribution in [3.05, 3.63) is 216 Å². The first-order valence-electron chi connectivity index (χ1n) is 20.6. The van der Waals surface area contributed by atoms with Crippen LogP contribution in [0, 0.1) is 27.7 Å². The van der Waals surface area contributed by atoms with Gasteiger partial charge in [-0.2, -0.15) is 0 Å². The molecule has 60 heavy (non-hydrogen) atoms. The Morgan fingerprint density at radius 1 is 0.383 bits per heavy atom. The fraction of sp³-hybridized carbons (Fsp3) is 0.0714. The first kappa shape index (κ1) is 36.8. The van der Waals surface area contributed by atoms with Gasteiger partial charge < -0.3 is 9.47 Å². The number of hydrogen-bond donors (Lipinski definition) is 0. The number of fused-ring (bicyclic) bond motifs is 3. The molecule has 2 heterocycles. The van der Waals surface area contributed by atoms with Crippen molar-refractivity contribution in [3.8, 4) is 50.7 Å². The highest BCUT2D eigenvalue weighted by Crippen LogP contribution is 2.40. The van der Waals surface area contributed by atoms with Gasteiger partial charge in [-0.15, -0.1) is 0 Å². The molecule has 0 atom stereocenters. The summed E-state index contributed by atoms with van der Waals surface area (Å²) in [5, 5.41) is 2.44. The van der Waals surface area contributed by atoms with Gasteiger partial charge >= 0.3 is 0 Å². The van der Waals surface area contributed by atoms with Crippen molar-refractivity contribution >= 4 is 38.9 Å². The van der Waals surface area contributed by atoms with Gasteiger partial charge in [0.1, 0.15) is 0 Å². The van der Waals surface area contributed by atoms with Crippen LogP contribution in [0.25, 0.3) is 72.5 Å². The van der Waals surface area contributed by atoms with Crippen LogP contribution in [0.4, 0.5) is 17.1 Å². The summed E-state index contributed by atoms with van der Waals surface area (Å²) in [4.78, 5) is 12.6. The second kappa shape index (κ2) is 15.3. The molecule has 0 bridgehead atoms. The standard InChI is InChI=1S/C56H44N4/c1-37-15-13-17-42(31-37)52-36-53(58-56(57-52)43-18-14-16-38(2)32-43)50-34-39(3)49(33-40(50)4)41-25-27-46(28-26-41)60-54-24-12-11-23-48(54)51-35-47(29-30-55(51)60)59(44-19-7-5-8-20-44)45-21-9-6-10-22-45/h5-36H,1-4H3. The largest absolute Gasteiger partial charge is 0.310 e. The van der Waals surface area contributed by atoms with Gasteiger partial charge in [0.05, 0.1) is 22.4 Å². The van der Waals surface area contributed by atoms with Crippen LogP contribution in [-0.2, 0) is 0 Å². The van der Waals surface area contributed by atoms with Crippen molar-refractivity contribution < 1.29 is 0 Å². The zero-order valence-corrected chi connectivity index (χ0v) is 34.3. The zero-order chi connectivity index (χ0) is 40.7. The molecule has 4 nitrogen and oxygen atoms in total. The van der Waals surface area contributed by atoms with Crippen LogP contribution in [0.2, 0.25) is 0 Å². The Morgan fingerprint density at radius 3 is 1.67 bits per heavy atom. The van der Waals surface area contributed by atoms with E-state index in [1.807, 2.05) is 0 Å². The number of hydrogen-bond acceptors (Lipinski definition) is 3. The van der Waals surface area contributed by atoms with Gasteiger partial charge in [-0.1, -0.05) is 120 Å². The summed E-state index contributed by atoms with van der Waals surface area (Å²) in [5.74, 6) is 0.732. The molecule has 0 saturated heterocycles. The molecule has 4 heteroatoms. The summed E-state index contributed by atoms with van der Waals surface area (Å²) in [6.45, 7) is 8.63. The monoisotopic (exact) mass is 772 g/mol. The van der Waals surface area contributed by atoms with Crippen molar-refractivity contribution in [1.82, 2.24) is 14.5 Å². The van der Waals surface area contributed by atoms with E-state index in [4.69, 9.17) is 9.97 Å². The summed E-state index contributed by atoms with van der Waals surface area (Å²) in [7, 11) is 0. The molecule has 288 valence electrons. The SMILES string of the molecule is Cc1cccc(-c2cc(-c3cc(C)c(-c4ccc(-n5c6ccccc6c6cc(N(c7ccccc7)c7ccccc7)ccc65)cc4)cc3C)nc(-c3cccc(C)c3)n2)c1. The number of aromatic nitrogens is 3. The maximum Gasteiger partial charge on any atom is 0.160 e. The lowest BCUT2D eigenvalue weighted by Crippen LogP contribution is -2.09. The summed E-state index contributed by atoms with van der Waals surface area (Å²) in [6.07, 6.45) is 0. The fourth-order valence-electron chi connectivity index (χ4n) is 8.62. The first-order valence-corrected chi connectivity index (χ1v) is 20.6. The first-order chi connectivity index (χ1) is 29.4. The maximum absolute atomic E-state index is 5.19. The molecule has 8 aromatic carbocycles. The fourth-order valence-corrected chi connectivity index (χ4v) is 8.62. The highest BCUT2D eigenvalue weighted by atomic mass is 15.1. The van der Waals surface area contributed by atoms with E-state index in [2.05, 4.69) is 231 Å². The van der Waals surface area contributed by atoms with E-state index in [-0.39, 0.29) is 0 Å². The minimum Gasteiger partial charge on any atom is -0.310 e. The van der Waals surface area contributed by atoms with Crippen LogP contribution >= 0.6 is 0 Å². The lowest BCUT2D eigenvalue weighted by atomic mass is 9.93. The van der Waals surface area contributed by atoms with E-state index in [1.165, 1.54) is 55.2 Å². The minimum absolute atomic E-state index is 0.732. The molecule has 0 amide bonds. The molecule has 10 rings (SSSR count). The van der Waals surface area contributed by atoms with E-state index in [0.29, 0.717) is 0 Å². The Labute approximate surface area is 351 Å². The van der Waals surface area contributed by atoms with Crippen LogP contribution < -0.4 is 4.90 Å². The Hall–Kier alpha value is -7.56. The Morgan fingerprint density at radius 2 is 0.967 bits per heavy atom. The number of para-hydroxylation sites is 3. The third-order valence-electron chi connectivity index (χ3n) is 11.5. The van der Waals surface area contributed by atoms with Gasteiger partial charge in [-0.05, 0) is 135 Å². The molecule has 0 aliphatic heterocycles. The van der Waals surface area contributed by atoms with E-state index < -0.39 is 0 Å². The number of aryl methyl sites for hydroxylation is 4. The van der Waals surface area contributed by atoms with Gasteiger partial charge in [0.15, 0.2) is 5.82 Å². The predicted octanol–water partition coefficient (Wildman–Crippen LogP) is 14.9. The average Bonchev–Trinajstić information content (AvgIpc) is 3.61. The Kier molecular flexibility index (Phi) is 9.38. The van der Waals surface area contributed by atoms with E-state index >= 15 is 0 Å². The quantitative estimate of drug-likeness (QED) is 0.154. The van der Waals surface area contributed by atoms with Crippen LogP contribution in [0.3, 0.4) is 0 Å². The Bertz CT molecular complexity index is 3080. The smallest absolute Gasteiger partial charge is 0.160 e. The van der Waals surface area contributed by atoms with Gasteiger partial charge in [0, 0.05) is 50.2 Å². The van der Waals surface area contributed by atoms with Gasteiger partial charge in [0.25, 0.3) is 0 Å². The Balaban J connectivity index is 1.03. The van der Waals surface area contributed by atoms with Crippen molar-refractivity contribution in [2.24, 2.45) is 0 Å². The third-order valence-corrected chi connectivity index (χ3v) is 11.5. The lowest BCUT2D eigenvalue weighted by molar-refractivity contribution is 1.17. The topological polar surface area (TPSA) is 34.0 Å². The van der Waals surface area contributed by atoms with Gasteiger partial charge in [0.2, 0.25) is 0 Å². The number of nitrogens with zero attached hydrogens (tertiary/aromatic N) is 4. The maximum atomic E-state index is 5.19. The number of anilines is 3. The highest BCUT2D eigenvalue weighted by molar-refractivity contribution is 6.10. The number of rotatable bonds is 8. The summed E-state index contributed by atoms with van der Waals surface area (Å²) in [5.41, 5.74) is 19.0. The second-order valence-corrected chi connectivity index (χ2v) is 15.8. The van der Waals surface area contributed by atoms with Gasteiger partial charge in [-0.25, -0.2) is 9.97 Å². The third kappa shape index (κ3) is 6.82. The van der Waals surface area contributed by atoms with Crippen molar-refractivity contribution in [2.45, 2.75) is 27.7 Å². The van der Waals surface area contributed by atoms with Crippen LogP contribution in [0.1, 0.15) is 22.3 Å². The minimum atomic E-state index is 0.732. The zero-order valence-electron chi connectivity index (χ0n) is 34.3. The number of benzene rings is 8. The predicted molar refractivity (Wildman–Crippen MR) is 252 cm³/mol. The van der Waals surface area contributed by atoms with Gasteiger partial charge in [-0.3, -0.25) is 0 Å². The van der Waals surface area contributed by atoms with Crippen molar-refractivity contribution in [3.63, 3.8) is 0 Å². The van der Waals surface area contributed by atoms with Crippen LogP contribution in [-0.4, -0.2) is 14.5 Å². The molecule has 0 N–H and O–H groups in total. The normalized spacial score (nSPS) is 11.3. The summed E-state index contributed by atoms with van der Waals surface area (Å²) in [6, 6.07) is 69.5. The van der Waals surface area contributed by atoms with E-state index in [9.17, 15) is 0 Å². The molecule has 0 fully saturated rings. The van der Waals surface area contributed by atoms with E-state index in [0.717, 1.165) is 56.7 Å². The molecule has 0 unspecified atom stereocenters. The highest BCUT2D eigenvalue weighted by Gasteiger charge is 2.19. The molecule has 0 aliphatic carbocycles. The molecule has 0 spiro atoms. The average molecular weight is 773 g/mol. The lowest BCUT2D eigenvalue weighted by Gasteiger charge is -2.25. The van der Waals surface area contributed by atoms with Crippen molar-refractivity contribution in [2.75, 3.05) is 4.90 Å². The molecular weight excluding hydrogens is 729 g/mol. The summed E-state index contributed by atoms with van der Waals surface area (Å²) >= 11 is 0. The molecule has 0 radical (unpaired) electrons. The molecule has 0 aliphatic rings. The summed E-state index contributed by atoms with van der Waals surface area (Å²) < 4.78 is 2.39. The molecule has 0 saturated carbocycles. The molecule has 10 aromatic rings. The molecular formula is C56H44N4.